The minimum Gasteiger partial charge on any atom is -0.363 e. The monoisotopic (exact) mass is 369 g/mol. The van der Waals surface area contributed by atoms with Crippen molar-refractivity contribution >= 4 is 32.7 Å². The molecule has 0 bridgehead atoms. The van der Waals surface area contributed by atoms with Gasteiger partial charge >= 0.3 is 0 Å². The molecule has 0 aliphatic carbocycles. The first-order valence-electron chi connectivity index (χ1n) is 8.48. The summed E-state index contributed by atoms with van der Waals surface area (Å²) in [5.41, 5.74) is 3.03. The van der Waals surface area contributed by atoms with E-state index in [9.17, 15) is 8.42 Å². The minimum atomic E-state index is -3.18. The van der Waals surface area contributed by atoms with E-state index < -0.39 is 10.0 Å². The van der Waals surface area contributed by atoms with Gasteiger partial charge in [-0.3, -0.25) is 9.29 Å². The molecule has 2 aromatic heterocycles. The lowest BCUT2D eigenvalue weighted by Gasteiger charge is -2.20. The fourth-order valence-corrected chi connectivity index (χ4v) is 4.68. The molecule has 0 saturated carbocycles. The van der Waals surface area contributed by atoms with Crippen LogP contribution in [0.1, 0.15) is 24.9 Å². The first-order chi connectivity index (χ1) is 12.5. The van der Waals surface area contributed by atoms with Crippen LogP contribution in [-0.4, -0.2) is 35.7 Å². The maximum absolute atomic E-state index is 12.1. The third-order valence-corrected chi connectivity index (χ3v) is 6.32. The maximum atomic E-state index is 12.1. The highest BCUT2D eigenvalue weighted by molar-refractivity contribution is 7.93. The summed E-state index contributed by atoms with van der Waals surface area (Å²) in [4.78, 5) is 12.9. The van der Waals surface area contributed by atoms with Crippen molar-refractivity contribution in [1.29, 1.82) is 0 Å². The highest BCUT2D eigenvalue weighted by Crippen LogP contribution is 2.28. The summed E-state index contributed by atoms with van der Waals surface area (Å²) in [6.45, 7) is 2.55. The van der Waals surface area contributed by atoms with Crippen LogP contribution in [0.5, 0.6) is 0 Å². The van der Waals surface area contributed by atoms with Gasteiger partial charge in [-0.05, 0) is 43.2 Å². The van der Waals surface area contributed by atoms with E-state index in [0.717, 1.165) is 11.1 Å². The molecule has 7 nitrogen and oxygen atoms in total. The molecule has 26 heavy (non-hydrogen) atoms. The molecule has 1 N–H and O–H groups in total. The second-order valence-corrected chi connectivity index (χ2v) is 8.31. The predicted octanol–water partition coefficient (Wildman–Crippen LogP) is 2.74. The summed E-state index contributed by atoms with van der Waals surface area (Å²) in [5, 5.41) is 3.34. The molecule has 1 unspecified atom stereocenters. The Hall–Kier alpha value is -2.74. The summed E-state index contributed by atoms with van der Waals surface area (Å²) in [6, 6.07) is 11.3. The van der Waals surface area contributed by atoms with Gasteiger partial charge in [0.05, 0.1) is 17.5 Å². The van der Waals surface area contributed by atoms with Gasteiger partial charge in [0.2, 0.25) is 10.0 Å². The van der Waals surface area contributed by atoms with Crippen LogP contribution >= 0.6 is 0 Å². The quantitative estimate of drug-likeness (QED) is 0.761. The normalized spacial score (nSPS) is 17.3. The summed E-state index contributed by atoms with van der Waals surface area (Å²) in [6.07, 6.45) is 3.92. The fourth-order valence-electron chi connectivity index (χ4n) is 3.12. The van der Waals surface area contributed by atoms with Crippen LogP contribution in [-0.2, 0) is 10.0 Å². The van der Waals surface area contributed by atoms with Crippen LogP contribution in [0.4, 0.5) is 11.5 Å². The van der Waals surface area contributed by atoms with Crippen LogP contribution in [0.15, 0.2) is 48.8 Å². The summed E-state index contributed by atoms with van der Waals surface area (Å²) < 4.78 is 25.8. The molecule has 1 aliphatic rings. The number of sulfonamides is 1. The van der Waals surface area contributed by atoms with E-state index in [4.69, 9.17) is 0 Å². The Morgan fingerprint density at radius 3 is 2.81 bits per heavy atom. The van der Waals surface area contributed by atoms with Crippen LogP contribution in [0.25, 0.3) is 11.2 Å². The average molecular weight is 369 g/mol. The van der Waals surface area contributed by atoms with Gasteiger partial charge in [-0.15, -0.1) is 0 Å². The van der Waals surface area contributed by atoms with E-state index in [1.807, 2.05) is 43.3 Å². The highest BCUT2D eigenvalue weighted by Gasteiger charge is 2.28. The lowest BCUT2D eigenvalue weighted by atomic mass is 10.1. The standard InChI is InChI=1S/C18H19N5O2S/c1-13(21-17-7-6-16-18(22-17)20-9-8-19-16)14-4-2-5-15(12-14)23-10-3-11-26(23,24)25/h2,4-9,12-13H,3,10-11H2,1H3,(H,20,21,22). The van der Waals surface area contributed by atoms with Gasteiger partial charge in [0, 0.05) is 18.9 Å². The van der Waals surface area contributed by atoms with E-state index >= 15 is 0 Å². The van der Waals surface area contributed by atoms with Crippen molar-refractivity contribution in [2.24, 2.45) is 0 Å². The van der Waals surface area contributed by atoms with E-state index in [1.165, 1.54) is 4.31 Å². The maximum Gasteiger partial charge on any atom is 0.235 e. The number of aromatic nitrogens is 3. The number of nitrogens with one attached hydrogen (secondary N) is 1. The van der Waals surface area contributed by atoms with Crippen molar-refractivity contribution in [2.75, 3.05) is 21.9 Å². The van der Waals surface area contributed by atoms with Crippen LogP contribution in [0, 0.1) is 0 Å². The fraction of sp³-hybridized carbons (Fsp3) is 0.278. The molecule has 1 saturated heterocycles. The first-order valence-corrected chi connectivity index (χ1v) is 10.1. The molecule has 1 atom stereocenters. The van der Waals surface area contributed by atoms with E-state index in [2.05, 4.69) is 20.3 Å². The largest absolute Gasteiger partial charge is 0.363 e. The zero-order valence-electron chi connectivity index (χ0n) is 14.3. The van der Waals surface area contributed by atoms with Crippen molar-refractivity contribution in [3.05, 3.63) is 54.4 Å². The van der Waals surface area contributed by atoms with Gasteiger partial charge < -0.3 is 5.32 Å². The Kier molecular flexibility index (Phi) is 4.20. The number of rotatable bonds is 4. The third kappa shape index (κ3) is 3.20. The van der Waals surface area contributed by atoms with Gasteiger partial charge in [0.25, 0.3) is 0 Å². The average Bonchev–Trinajstić information content (AvgIpc) is 3.01. The molecule has 0 radical (unpaired) electrons. The molecule has 0 spiro atoms. The lowest BCUT2D eigenvalue weighted by molar-refractivity contribution is 0.599. The van der Waals surface area contributed by atoms with Crippen LogP contribution in [0.2, 0.25) is 0 Å². The molecule has 4 rings (SSSR count). The van der Waals surface area contributed by atoms with Gasteiger partial charge in [0.15, 0.2) is 5.65 Å². The molecule has 3 aromatic rings. The van der Waals surface area contributed by atoms with Gasteiger partial charge in [0.1, 0.15) is 11.3 Å². The molecular weight excluding hydrogens is 350 g/mol. The van der Waals surface area contributed by atoms with Gasteiger partial charge in [-0.2, -0.15) is 0 Å². The number of nitrogens with zero attached hydrogens (tertiary/aromatic N) is 4. The van der Waals surface area contributed by atoms with Gasteiger partial charge in [-0.1, -0.05) is 12.1 Å². The molecule has 1 aromatic carbocycles. The van der Waals surface area contributed by atoms with Crippen LogP contribution in [0.3, 0.4) is 0 Å². The number of hydrogen-bond donors (Lipinski definition) is 1. The Morgan fingerprint density at radius 1 is 1.15 bits per heavy atom. The zero-order valence-corrected chi connectivity index (χ0v) is 15.1. The van der Waals surface area contributed by atoms with E-state index in [0.29, 0.717) is 30.1 Å². The molecular formula is C18H19N5O2S. The zero-order chi connectivity index (χ0) is 18.1. The molecule has 134 valence electrons. The highest BCUT2D eigenvalue weighted by atomic mass is 32.2. The number of benzene rings is 1. The topological polar surface area (TPSA) is 88.1 Å². The predicted molar refractivity (Wildman–Crippen MR) is 102 cm³/mol. The lowest BCUT2D eigenvalue weighted by Crippen LogP contribution is -2.25. The SMILES string of the molecule is CC(Nc1ccc2nccnc2n1)c1cccc(N2CCCS2(=O)=O)c1. The van der Waals surface area contributed by atoms with Crippen LogP contribution < -0.4 is 9.62 Å². The Balaban J connectivity index is 1.58. The van der Waals surface area contributed by atoms with E-state index in [-0.39, 0.29) is 11.8 Å². The number of anilines is 2. The van der Waals surface area contributed by atoms with Crippen molar-refractivity contribution in [1.82, 2.24) is 15.0 Å². The summed E-state index contributed by atoms with van der Waals surface area (Å²) >= 11 is 0. The molecule has 1 aliphatic heterocycles. The van der Waals surface area contributed by atoms with Crippen molar-refractivity contribution in [2.45, 2.75) is 19.4 Å². The number of fused-ring (bicyclic) bond motifs is 1. The summed E-state index contributed by atoms with van der Waals surface area (Å²) in [7, 11) is -3.18. The Labute approximate surface area is 152 Å². The molecule has 0 amide bonds. The second kappa shape index (κ2) is 6.53. The van der Waals surface area contributed by atoms with E-state index in [1.54, 1.807) is 12.4 Å². The second-order valence-electron chi connectivity index (χ2n) is 6.30. The smallest absolute Gasteiger partial charge is 0.235 e. The molecule has 3 heterocycles. The molecule has 1 fully saturated rings. The Bertz CT molecular complexity index is 1050. The number of hydrogen-bond acceptors (Lipinski definition) is 6. The van der Waals surface area contributed by atoms with Crippen molar-refractivity contribution in [3.63, 3.8) is 0 Å². The Morgan fingerprint density at radius 2 is 2.00 bits per heavy atom. The first kappa shape index (κ1) is 16.7. The third-order valence-electron chi connectivity index (χ3n) is 4.45. The van der Waals surface area contributed by atoms with Crippen molar-refractivity contribution in [3.8, 4) is 0 Å². The molecule has 8 heteroatoms. The minimum absolute atomic E-state index is 0.0399. The van der Waals surface area contributed by atoms with Crippen molar-refractivity contribution < 1.29 is 8.42 Å². The summed E-state index contributed by atoms with van der Waals surface area (Å²) in [5.74, 6) is 0.914. The van der Waals surface area contributed by atoms with Gasteiger partial charge in [-0.25, -0.2) is 18.4 Å². The number of pyridine rings is 1.